The minimum absolute atomic E-state index is 0.0134. The van der Waals surface area contributed by atoms with Crippen LogP contribution in [0.1, 0.15) is 39.0 Å². The van der Waals surface area contributed by atoms with E-state index in [0.29, 0.717) is 6.54 Å². The average molecular weight is 243 g/mol. The van der Waals surface area contributed by atoms with E-state index in [-0.39, 0.29) is 36.7 Å². The maximum absolute atomic E-state index is 11.5. The number of aliphatic hydroxyl groups excluding tert-OH is 1. The van der Waals surface area contributed by atoms with Crippen LogP contribution in [0.5, 0.6) is 0 Å². The van der Waals surface area contributed by atoms with Gasteiger partial charge in [-0.1, -0.05) is 13.3 Å². The summed E-state index contributed by atoms with van der Waals surface area (Å²) in [6.45, 7) is 2.25. The summed E-state index contributed by atoms with van der Waals surface area (Å²) in [5.41, 5.74) is 0. The summed E-state index contributed by atoms with van der Waals surface area (Å²) in [4.78, 5) is 21.9. The van der Waals surface area contributed by atoms with E-state index in [4.69, 9.17) is 5.11 Å². The van der Waals surface area contributed by atoms with Crippen molar-refractivity contribution in [2.75, 3.05) is 6.54 Å². The first-order valence-electron chi connectivity index (χ1n) is 6.15. The van der Waals surface area contributed by atoms with E-state index in [2.05, 4.69) is 5.32 Å². The summed E-state index contributed by atoms with van der Waals surface area (Å²) in [7, 11) is 0. The molecule has 3 atom stereocenters. The van der Waals surface area contributed by atoms with Crippen LogP contribution >= 0.6 is 0 Å². The minimum atomic E-state index is -0.878. The second kappa shape index (κ2) is 6.59. The van der Waals surface area contributed by atoms with Crippen LogP contribution < -0.4 is 5.32 Å². The Labute approximate surface area is 101 Å². The fourth-order valence-corrected chi connectivity index (χ4v) is 2.26. The molecule has 0 heterocycles. The van der Waals surface area contributed by atoms with E-state index >= 15 is 0 Å². The van der Waals surface area contributed by atoms with E-state index < -0.39 is 5.97 Å². The number of hydrogen-bond acceptors (Lipinski definition) is 3. The van der Waals surface area contributed by atoms with Crippen LogP contribution in [0.15, 0.2) is 0 Å². The maximum atomic E-state index is 11.5. The van der Waals surface area contributed by atoms with Crippen molar-refractivity contribution in [2.24, 2.45) is 11.8 Å². The average Bonchev–Trinajstić information content (AvgIpc) is 2.59. The molecule has 1 rings (SSSR count). The molecule has 0 spiro atoms. The molecular weight excluding hydrogens is 222 g/mol. The zero-order chi connectivity index (χ0) is 12.8. The number of hydrogen-bond donors (Lipinski definition) is 3. The van der Waals surface area contributed by atoms with Gasteiger partial charge in [-0.25, -0.2) is 0 Å². The van der Waals surface area contributed by atoms with Gasteiger partial charge in [0.1, 0.15) is 0 Å². The first-order chi connectivity index (χ1) is 7.99. The number of rotatable bonds is 6. The number of carbonyl (C=O) groups excluding carboxylic acids is 1. The van der Waals surface area contributed by atoms with Gasteiger partial charge in [-0.15, -0.1) is 0 Å². The second-order valence-electron chi connectivity index (χ2n) is 4.97. The van der Waals surface area contributed by atoms with Gasteiger partial charge in [0.05, 0.1) is 6.10 Å². The summed E-state index contributed by atoms with van der Waals surface area (Å²) in [6.07, 6.45) is 2.72. The molecule has 0 aromatic rings. The fourth-order valence-electron chi connectivity index (χ4n) is 2.26. The van der Waals surface area contributed by atoms with E-state index in [0.717, 1.165) is 19.3 Å². The SMILES string of the molecule is CC(CC(=O)O)CC(=O)NCC1CCCC1O. The molecule has 5 heteroatoms. The first-order valence-corrected chi connectivity index (χ1v) is 6.15. The van der Waals surface area contributed by atoms with Crippen LogP contribution in [0.2, 0.25) is 0 Å². The van der Waals surface area contributed by atoms with Crippen LogP contribution in [-0.2, 0) is 9.59 Å². The second-order valence-corrected chi connectivity index (χ2v) is 4.97. The molecule has 0 radical (unpaired) electrons. The number of aliphatic carboxylic acids is 1. The van der Waals surface area contributed by atoms with Gasteiger partial charge < -0.3 is 15.5 Å². The zero-order valence-electron chi connectivity index (χ0n) is 10.2. The molecule has 17 heavy (non-hydrogen) atoms. The Morgan fingerprint density at radius 3 is 2.59 bits per heavy atom. The largest absolute Gasteiger partial charge is 0.481 e. The molecule has 3 unspecified atom stereocenters. The third-order valence-corrected chi connectivity index (χ3v) is 3.24. The lowest BCUT2D eigenvalue weighted by atomic mass is 10.0. The Kier molecular flexibility index (Phi) is 5.41. The molecule has 1 amide bonds. The first kappa shape index (κ1) is 14.0. The highest BCUT2D eigenvalue weighted by Crippen LogP contribution is 2.24. The smallest absolute Gasteiger partial charge is 0.303 e. The molecule has 5 nitrogen and oxygen atoms in total. The van der Waals surface area contributed by atoms with Gasteiger partial charge in [0.15, 0.2) is 0 Å². The lowest BCUT2D eigenvalue weighted by molar-refractivity contribution is -0.138. The lowest BCUT2D eigenvalue weighted by Crippen LogP contribution is -2.33. The van der Waals surface area contributed by atoms with Gasteiger partial charge in [0, 0.05) is 25.3 Å². The Balaban J connectivity index is 2.18. The van der Waals surface area contributed by atoms with Crippen molar-refractivity contribution in [3.63, 3.8) is 0 Å². The highest BCUT2D eigenvalue weighted by Gasteiger charge is 2.25. The van der Waals surface area contributed by atoms with Crippen LogP contribution in [0.25, 0.3) is 0 Å². The van der Waals surface area contributed by atoms with E-state index in [1.165, 1.54) is 0 Å². The zero-order valence-corrected chi connectivity index (χ0v) is 10.2. The molecule has 1 saturated carbocycles. The Bertz CT molecular complexity index is 280. The molecule has 98 valence electrons. The summed E-state index contributed by atoms with van der Waals surface area (Å²) in [5.74, 6) is -0.996. The molecule has 0 aromatic carbocycles. The quantitative estimate of drug-likeness (QED) is 0.643. The van der Waals surface area contributed by atoms with Gasteiger partial charge in [-0.2, -0.15) is 0 Å². The topological polar surface area (TPSA) is 86.6 Å². The normalized spacial score (nSPS) is 25.5. The van der Waals surface area contributed by atoms with E-state index in [1.54, 1.807) is 6.92 Å². The number of carbonyl (C=O) groups is 2. The number of aliphatic hydroxyl groups is 1. The molecule has 0 saturated heterocycles. The van der Waals surface area contributed by atoms with Crippen LogP contribution in [0.3, 0.4) is 0 Å². The Morgan fingerprint density at radius 1 is 1.35 bits per heavy atom. The number of carboxylic acid groups (broad SMARTS) is 1. The van der Waals surface area contributed by atoms with Crippen molar-refractivity contribution >= 4 is 11.9 Å². The van der Waals surface area contributed by atoms with Crippen molar-refractivity contribution < 1.29 is 19.8 Å². The molecule has 0 aromatic heterocycles. The van der Waals surface area contributed by atoms with Crippen LogP contribution in [0.4, 0.5) is 0 Å². The highest BCUT2D eigenvalue weighted by atomic mass is 16.4. The highest BCUT2D eigenvalue weighted by molar-refractivity contribution is 5.77. The maximum Gasteiger partial charge on any atom is 0.303 e. The van der Waals surface area contributed by atoms with Crippen molar-refractivity contribution in [3.8, 4) is 0 Å². The van der Waals surface area contributed by atoms with Gasteiger partial charge in [0.2, 0.25) is 5.91 Å². The van der Waals surface area contributed by atoms with Crippen molar-refractivity contribution in [2.45, 2.75) is 45.1 Å². The predicted octanol–water partition coefficient (Wildman–Crippen LogP) is 0.764. The predicted molar refractivity (Wildman–Crippen MR) is 62.4 cm³/mol. The standard InChI is InChI=1S/C12H21NO4/c1-8(6-12(16)17)5-11(15)13-7-9-3-2-4-10(9)14/h8-10,14H,2-7H2,1H3,(H,13,15)(H,16,17). The van der Waals surface area contributed by atoms with Crippen LogP contribution in [0, 0.1) is 11.8 Å². The fraction of sp³-hybridized carbons (Fsp3) is 0.833. The van der Waals surface area contributed by atoms with Crippen molar-refractivity contribution in [3.05, 3.63) is 0 Å². The lowest BCUT2D eigenvalue weighted by Gasteiger charge is -2.16. The molecular formula is C12H21NO4. The number of carboxylic acids is 1. The van der Waals surface area contributed by atoms with E-state index in [1.807, 2.05) is 0 Å². The summed E-state index contributed by atoms with van der Waals surface area (Å²) < 4.78 is 0. The number of amides is 1. The Morgan fingerprint density at radius 2 is 2.06 bits per heavy atom. The third kappa shape index (κ3) is 5.17. The third-order valence-electron chi connectivity index (χ3n) is 3.24. The minimum Gasteiger partial charge on any atom is -0.481 e. The summed E-state index contributed by atoms with van der Waals surface area (Å²) in [5, 5.41) is 20.9. The number of nitrogens with one attached hydrogen (secondary N) is 1. The van der Waals surface area contributed by atoms with Gasteiger partial charge in [-0.05, 0) is 18.8 Å². The van der Waals surface area contributed by atoms with E-state index in [9.17, 15) is 14.7 Å². The molecule has 0 aliphatic heterocycles. The summed E-state index contributed by atoms with van der Waals surface area (Å²) >= 11 is 0. The van der Waals surface area contributed by atoms with Crippen molar-refractivity contribution in [1.82, 2.24) is 5.32 Å². The molecule has 1 aliphatic rings. The molecule has 1 fully saturated rings. The van der Waals surface area contributed by atoms with Gasteiger partial charge in [-0.3, -0.25) is 9.59 Å². The summed E-state index contributed by atoms with van der Waals surface area (Å²) in [6, 6.07) is 0. The molecule has 1 aliphatic carbocycles. The Hall–Kier alpha value is -1.10. The van der Waals surface area contributed by atoms with Gasteiger partial charge in [0.25, 0.3) is 0 Å². The van der Waals surface area contributed by atoms with Gasteiger partial charge >= 0.3 is 5.97 Å². The van der Waals surface area contributed by atoms with Crippen molar-refractivity contribution in [1.29, 1.82) is 0 Å². The van der Waals surface area contributed by atoms with Crippen LogP contribution in [-0.4, -0.2) is 34.7 Å². The molecule has 3 N–H and O–H groups in total. The monoisotopic (exact) mass is 243 g/mol. The molecule has 0 bridgehead atoms.